The van der Waals surface area contributed by atoms with Crippen LogP contribution in [0.3, 0.4) is 0 Å². The third-order valence-corrected chi connectivity index (χ3v) is 4.57. The molecule has 29 heavy (non-hydrogen) atoms. The van der Waals surface area contributed by atoms with Crippen molar-refractivity contribution in [3.63, 3.8) is 0 Å². The van der Waals surface area contributed by atoms with Crippen LogP contribution in [0.4, 0.5) is 21.6 Å². The normalized spacial score (nSPS) is 14.2. The summed E-state index contributed by atoms with van der Waals surface area (Å²) in [7, 11) is 0. The average Bonchev–Trinajstić information content (AvgIpc) is 2.71. The molecule has 0 bridgehead atoms. The minimum absolute atomic E-state index is 0.0434. The van der Waals surface area contributed by atoms with Crippen molar-refractivity contribution in [2.75, 3.05) is 55.8 Å². The second-order valence-corrected chi connectivity index (χ2v) is 6.50. The van der Waals surface area contributed by atoms with E-state index in [-0.39, 0.29) is 29.8 Å². The molecule has 0 aliphatic carbocycles. The van der Waals surface area contributed by atoms with E-state index < -0.39 is 4.92 Å². The number of hydrogen-bond donors (Lipinski definition) is 0. The van der Waals surface area contributed by atoms with Gasteiger partial charge in [0, 0.05) is 38.5 Å². The molecule has 0 atom stereocenters. The molecule has 2 heterocycles. The van der Waals surface area contributed by atoms with Gasteiger partial charge in [-0.25, -0.2) is 9.37 Å². The predicted octanol–water partition coefficient (Wildman–Crippen LogP) is 2.57. The number of aromatic nitrogens is 2. The third kappa shape index (κ3) is 5.08. The van der Waals surface area contributed by atoms with Crippen LogP contribution in [0, 0.1) is 22.9 Å². The number of ether oxygens (including phenoxy) is 2. The van der Waals surface area contributed by atoms with Gasteiger partial charge < -0.3 is 19.3 Å². The van der Waals surface area contributed by atoms with Crippen LogP contribution in [0.2, 0.25) is 0 Å². The van der Waals surface area contributed by atoms with Gasteiger partial charge in [-0.1, -0.05) is 0 Å². The molecule has 1 aromatic carbocycles. The van der Waals surface area contributed by atoms with Gasteiger partial charge in [-0.15, -0.1) is 0 Å². The highest BCUT2D eigenvalue weighted by molar-refractivity contribution is 5.64. The van der Waals surface area contributed by atoms with Gasteiger partial charge in [-0.05, 0) is 38.1 Å². The Bertz CT molecular complexity index is 841. The molecule has 0 spiro atoms. The number of halogens is 1. The maximum absolute atomic E-state index is 13.1. The molecule has 0 saturated carbocycles. The zero-order valence-corrected chi connectivity index (χ0v) is 16.5. The topological polar surface area (TPSA) is 93.9 Å². The standard InChI is InChI=1S/C19H24FN5O4/c1-3-28-12-13-29-19-17(25(26)27)18(21-14(2)22-19)24-10-8-23(9-11-24)16-6-4-15(20)5-7-16/h4-7H,3,8-13H2,1-2H3. The molecule has 9 nitrogen and oxygen atoms in total. The lowest BCUT2D eigenvalue weighted by molar-refractivity contribution is -0.385. The first-order valence-corrected chi connectivity index (χ1v) is 9.48. The second kappa shape index (κ2) is 9.46. The Labute approximate surface area is 168 Å². The molecule has 0 N–H and O–H groups in total. The first kappa shape index (κ1) is 20.7. The van der Waals surface area contributed by atoms with E-state index in [0.29, 0.717) is 45.2 Å². The molecular formula is C19H24FN5O4. The minimum Gasteiger partial charge on any atom is -0.470 e. The lowest BCUT2D eigenvalue weighted by Crippen LogP contribution is -2.47. The van der Waals surface area contributed by atoms with Gasteiger partial charge in [0.25, 0.3) is 5.88 Å². The number of aryl methyl sites for hydroxylation is 1. The first-order valence-electron chi connectivity index (χ1n) is 9.48. The van der Waals surface area contributed by atoms with Crippen molar-refractivity contribution < 1.29 is 18.8 Å². The molecule has 1 aliphatic heterocycles. The zero-order valence-electron chi connectivity index (χ0n) is 16.5. The number of anilines is 2. The van der Waals surface area contributed by atoms with Crippen molar-refractivity contribution in [3.05, 3.63) is 46.0 Å². The highest BCUT2D eigenvalue weighted by atomic mass is 19.1. The third-order valence-electron chi connectivity index (χ3n) is 4.57. The van der Waals surface area contributed by atoms with E-state index in [4.69, 9.17) is 9.47 Å². The molecule has 1 saturated heterocycles. The van der Waals surface area contributed by atoms with Crippen LogP contribution in [-0.4, -0.2) is 60.9 Å². The summed E-state index contributed by atoms with van der Waals surface area (Å²) in [5.74, 6) is 0.333. The molecule has 0 amide bonds. The molecule has 1 fully saturated rings. The van der Waals surface area contributed by atoms with E-state index in [1.165, 1.54) is 12.1 Å². The van der Waals surface area contributed by atoms with E-state index in [2.05, 4.69) is 14.9 Å². The van der Waals surface area contributed by atoms with Gasteiger partial charge in [0.15, 0.2) is 0 Å². The Morgan fingerprint density at radius 3 is 2.38 bits per heavy atom. The Morgan fingerprint density at radius 1 is 1.10 bits per heavy atom. The summed E-state index contributed by atoms with van der Waals surface area (Å²) in [6.45, 7) is 6.90. The molecule has 1 aliphatic rings. The fourth-order valence-corrected chi connectivity index (χ4v) is 3.18. The summed E-state index contributed by atoms with van der Waals surface area (Å²) in [5, 5.41) is 11.7. The molecule has 10 heteroatoms. The van der Waals surface area contributed by atoms with Crippen molar-refractivity contribution in [1.29, 1.82) is 0 Å². The maximum Gasteiger partial charge on any atom is 0.372 e. The fraction of sp³-hybridized carbons (Fsp3) is 0.474. The van der Waals surface area contributed by atoms with Crippen molar-refractivity contribution in [3.8, 4) is 5.88 Å². The van der Waals surface area contributed by atoms with Crippen LogP contribution in [0.15, 0.2) is 24.3 Å². The van der Waals surface area contributed by atoms with Gasteiger partial charge in [0.05, 0.1) is 11.5 Å². The Morgan fingerprint density at radius 2 is 1.76 bits per heavy atom. The predicted molar refractivity (Wildman–Crippen MR) is 106 cm³/mol. The van der Waals surface area contributed by atoms with E-state index in [1.54, 1.807) is 19.1 Å². The Hall–Kier alpha value is -3.01. The summed E-state index contributed by atoms with van der Waals surface area (Å²) in [6.07, 6.45) is 0. The van der Waals surface area contributed by atoms with Crippen molar-refractivity contribution in [2.45, 2.75) is 13.8 Å². The monoisotopic (exact) mass is 405 g/mol. The van der Waals surface area contributed by atoms with E-state index in [1.807, 2.05) is 11.8 Å². The van der Waals surface area contributed by atoms with E-state index in [0.717, 1.165) is 5.69 Å². The van der Waals surface area contributed by atoms with Crippen molar-refractivity contribution in [2.24, 2.45) is 0 Å². The van der Waals surface area contributed by atoms with Crippen LogP contribution in [0.5, 0.6) is 5.88 Å². The first-order chi connectivity index (χ1) is 14.0. The van der Waals surface area contributed by atoms with Gasteiger partial charge in [0.2, 0.25) is 5.82 Å². The van der Waals surface area contributed by atoms with Crippen LogP contribution < -0.4 is 14.5 Å². The number of rotatable bonds is 8. The molecule has 1 aromatic heterocycles. The average molecular weight is 405 g/mol. The second-order valence-electron chi connectivity index (χ2n) is 6.50. The molecular weight excluding hydrogens is 381 g/mol. The quantitative estimate of drug-likeness (QED) is 0.376. The SMILES string of the molecule is CCOCCOc1nc(C)nc(N2CCN(c3ccc(F)cc3)CC2)c1[N+](=O)[O-]. The smallest absolute Gasteiger partial charge is 0.372 e. The number of piperazine rings is 1. The van der Waals surface area contributed by atoms with E-state index in [9.17, 15) is 14.5 Å². The number of nitrogens with zero attached hydrogens (tertiary/aromatic N) is 5. The molecule has 3 rings (SSSR count). The van der Waals surface area contributed by atoms with Crippen molar-refractivity contribution in [1.82, 2.24) is 9.97 Å². The van der Waals surface area contributed by atoms with Crippen LogP contribution in [-0.2, 0) is 4.74 Å². The summed E-state index contributed by atoms with van der Waals surface area (Å²) < 4.78 is 23.9. The molecule has 2 aromatic rings. The fourth-order valence-electron chi connectivity index (χ4n) is 3.18. The van der Waals surface area contributed by atoms with Crippen LogP contribution in [0.1, 0.15) is 12.7 Å². The van der Waals surface area contributed by atoms with Crippen molar-refractivity contribution >= 4 is 17.2 Å². The number of hydrogen-bond acceptors (Lipinski definition) is 8. The highest BCUT2D eigenvalue weighted by Crippen LogP contribution is 2.35. The number of benzene rings is 1. The molecule has 0 unspecified atom stereocenters. The lowest BCUT2D eigenvalue weighted by Gasteiger charge is -2.36. The maximum atomic E-state index is 13.1. The van der Waals surface area contributed by atoms with Gasteiger partial charge in [-0.2, -0.15) is 4.98 Å². The molecule has 156 valence electrons. The Balaban J connectivity index is 1.76. The minimum atomic E-state index is -0.503. The largest absolute Gasteiger partial charge is 0.470 e. The highest BCUT2D eigenvalue weighted by Gasteiger charge is 2.31. The Kier molecular flexibility index (Phi) is 6.76. The van der Waals surface area contributed by atoms with Crippen LogP contribution >= 0.6 is 0 Å². The molecule has 0 radical (unpaired) electrons. The van der Waals surface area contributed by atoms with Crippen LogP contribution in [0.25, 0.3) is 0 Å². The zero-order chi connectivity index (χ0) is 20.8. The van der Waals surface area contributed by atoms with Gasteiger partial charge in [-0.3, -0.25) is 10.1 Å². The summed E-state index contributed by atoms with van der Waals surface area (Å²) in [5.41, 5.74) is 0.682. The lowest BCUT2D eigenvalue weighted by atomic mass is 10.2. The van der Waals surface area contributed by atoms with E-state index >= 15 is 0 Å². The number of nitro groups is 1. The van der Waals surface area contributed by atoms with Gasteiger partial charge in [0.1, 0.15) is 18.2 Å². The summed E-state index contributed by atoms with van der Waals surface area (Å²) in [6, 6.07) is 6.30. The summed E-state index contributed by atoms with van der Waals surface area (Å²) >= 11 is 0. The summed E-state index contributed by atoms with van der Waals surface area (Å²) in [4.78, 5) is 23.7. The van der Waals surface area contributed by atoms with Gasteiger partial charge >= 0.3 is 5.69 Å².